The largest absolute Gasteiger partial charge is 0.546 e. The molecule has 1 aromatic carbocycles. The molecule has 0 spiro atoms. The number of nitrogens with two attached hydrogens (primary N) is 1. The van der Waals surface area contributed by atoms with Crippen molar-refractivity contribution in [3.63, 3.8) is 0 Å². The molecule has 0 radical (unpaired) electrons. The molecule has 0 heterocycles. The molecular weight excluding hydrogens is 325 g/mol. The van der Waals surface area contributed by atoms with Crippen LogP contribution < -0.4 is 5.73 Å². The Bertz CT molecular complexity index is 629. The van der Waals surface area contributed by atoms with Gasteiger partial charge in [0.05, 0.1) is 0 Å². The lowest BCUT2D eigenvalue weighted by Crippen LogP contribution is -2.33. The van der Waals surface area contributed by atoms with Crippen molar-refractivity contribution < 1.29 is 34.4 Å². The van der Waals surface area contributed by atoms with Crippen LogP contribution in [0.15, 0.2) is 30.3 Å². The average molecular weight is 342 g/mol. The van der Waals surface area contributed by atoms with E-state index in [1.165, 1.54) is 30.3 Å². The van der Waals surface area contributed by atoms with Crippen molar-refractivity contribution >= 4 is 26.0 Å². The molecule has 6 N–H and O–H groups in total. The predicted molar refractivity (Wildman–Crippen MR) is 81.7 cm³/mol. The van der Waals surface area contributed by atoms with E-state index < -0.39 is 31.4 Å². The zero-order valence-electron chi connectivity index (χ0n) is 12.0. The van der Waals surface area contributed by atoms with Crippen molar-refractivity contribution in [1.82, 2.24) is 0 Å². The number of carboxylic acids is 2. The summed E-state index contributed by atoms with van der Waals surface area (Å²) in [5, 5.41) is 25.5. The zero-order valence-corrected chi connectivity index (χ0v) is 12.9. The number of hydrogen-bond acceptors (Lipinski definition) is 5. The normalized spacial score (nSPS) is 15.9. The highest BCUT2D eigenvalue weighted by Crippen LogP contribution is 2.45. The summed E-state index contributed by atoms with van der Waals surface area (Å²) >= 11 is 0. The minimum atomic E-state index is -3.06. The molecule has 3 atom stereocenters. The molecule has 0 aliphatic heterocycles. The fourth-order valence-electron chi connectivity index (χ4n) is 1.86. The van der Waals surface area contributed by atoms with Gasteiger partial charge >= 0.3 is 25.3 Å². The van der Waals surface area contributed by atoms with Crippen LogP contribution in [-0.4, -0.2) is 38.2 Å². The first-order valence-electron chi connectivity index (χ1n) is 6.55. The molecule has 0 amide bonds. The highest BCUT2D eigenvalue weighted by atomic mass is 31.1. The summed E-state index contributed by atoms with van der Waals surface area (Å²) in [6.45, 7) is 0. The van der Waals surface area contributed by atoms with Crippen molar-refractivity contribution in [2.75, 3.05) is 0 Å². The van der Waals surface area contributed by atoms with Crippen LogP contribution >= 0.6 is 8.03 Å². The predicted octanol–water partition coefficient (Wildman–Crippen LogP) is 0.856. The molecular formula is C14H17NO7P+. The standard InChI is InChI=1S/C14H16NO7P/c15-11(13(18)19)7-8-14(20,23(21)22)10-4-1-9(2-5-10)3-6-12(16)17/h1-6,11,20H,7-8,15H2,(H2-,16,17,18,19,21,22)/p+1/b6-3+/t11-,14?/m0/s1. The van der Waals surface area contributed by atoms with Crippen LogP contribution in [0, 0.1) is 0 Å². The van der Waals surface area contributed by atoms with Gasteiger partial charge in [-0.3, -0.25) is 4.79 Å². The molecule has 0 aliphatic carbocycles. The van der Waals surface area contributed by atoms with Crippen LogP contribution in [0.4, 0.5) is 0 Å². The quantitative estimate of drug-likeness (QED) is 0.343. The lowest BCUT2D eigenvalue weighted by Gasteiger charge is -2.17. The fourth-order valence-corrected chi connectivity index (χ4v) is 2.55. The maximum Gasteiger partial charge on any atom is 0.546 e. The number of aliphatic hydroxyl groups is 1. The van der Waals surface area contributed by atoms with Gasteiger partial charge in [-0.05, 0) is 22.6 Å². The monoisotopic (exact) mass is 342 g/mol. The van der Waals surface area contributed by atoms with E-state index in [9.17, 15) is 24.2 Å². The molecule has 0 saturated heterocycles. The first kappa shape index (κ1) is 18.9. The second-order valence-electron chi connectivity index (χ2n) is 4.87. The molecule has 124 valence electrons. The molecule has 9 heteroatoms. The van der Waals surface area contributed by atoms with Gasteiger partial charge in [0.15, 0.2) is 0 Å². The molecule has 0 aliphatic rings. The van der Waals surface area contributed by atoms with Crippen LogP contribution in [0.2, 0.25) is 0 Å². The molecule has 0 aromatic heterocycles. The van der Waals surface area contributed by atoms with Gasteiger partial charge in [-0.1, -0.05) is 24.3 Å². The van der Waals surface area contributed by atoms with Crippen LogP contribution in [0.5, 0.6) is 0 Å². The Kier molecular flexibility index (Phi) is 6.53. The molecule has 23 heavy (non-hydrogen) atoms. The Hall–Kier alpha value is -2.12. The first-order chi connectivity index (χ1) is 10.7. The fraction of sp³-hybridized carbons (Fsp3) is 0.286. The van der Waals surface area contributed by atoms with Crippen molar-refractivity contribution in [3.8, 4) is 0 Å². The van der Waals surface area contributed by atoms with E-state index in [4.69, 9.17) is 15.9 Å². The van der Waals surface area contributed by atoms with Gasteiger partial charge in [0, 0.05) is 18.1 Å². The molecule has 1 aromatic rings. The Morgan fingerprint density at radius 2 is 1.83 bits per heavy atom. The SMILES string of the molecule is N[C@@H](CCC(O)(c1ccc(/C=C/C(=O)O)cc1)[P+](=O)O)C(=O)O. The number of benzene rings is 1. The van der Waals surface area contributed by atoms with Crippen molar-refractivity contribution in [3.05, 3.63) is 41.5 Å². The molecule has 0 saturated carbocycles. The minimum Gasteiger partial charge on any atom is -0.480 e. The summed E-state index contributed by atoms with van der Waals surface area (Å²) in [6.07, 6.45) is 1.76. The first-order valence-corrected chi connectivity index (χ1v) is 7.76. The maximum absolute atomic E-state index is 11.5. The average Bonchev–Trinajstić information content (AvgIpc) is 2.50. The Morgan fingerprint density at radius 1 is 1.26 bits per heavy atom. The van der Waals surface area contributed by atoms with E-state index >= 15 is 0 Å². The molecule has 2 unspecified atom stereocenters. The lowest BCUT2D eigenvalue weighted by atomic mass is 10.00. The van der Waals surface area contributed by atoms with Gasteiger partial charge in [0.25, 0.3) is 0 Å². The van der Waals surface area contributed by atoms with Crippen molar-refractivity contribution in [2.45, 2.75) is 24.2 Å². The van der Waals surface area contributed by atoms with Crippen molar-refractivity contribution in [2.24, 2.45) is 5.73 Å². The van der Waals surface area contributed by atoms with Crippen LogP contribution in [0.25, 0.3) is 6.08 Å². The number of carboxylic acid groups (broad SMARTS) is 2. The highest BCUT2D eigenvalue weighted by Gasteiger charge is 2.49. The topological polar surface area (TPSA) is 158 Å². The number of aliphatic carboxylic acids is 2. The van der Waals surface area contributed by atoms with E-state index in [1.807, 2.05) is 0 Å². The zero-order chi connectivity index (χ0) is 17.6. The highest BCUT2D eigenvalue weighted by molar-refractivity contribution is 7.39. The van der Waals surface area contributed by atoms with Gasteiger partial charge in [-0.15, -0.1) is 0 Å². The van der Waals surface area contributed by atoms with E-state index in [2.05, 4.69) is 0 Å². The smallest absolute Gasteiger partial charge is 0.480 e. The van der Waals surface area contributed by atoms with E-state index in [0.717, 1.165) is 6.08 Å². The van der Waals surface area contributed by atoms with Gasteiger partial charge in [-0.25, -0.2) is 4.79 Å². The van der Waals surface area contributed by atoms with Gasteiger partial charge in [0.2, 0.25) is 0 Å². The van der Waals surface area contributed by atoms with Crippen molar-refractivity contribution in [1.29, 1.82) is 0 Å². The maximum atomic E-state index is 11.5. The third-order valence-corrected chi connectivity index (χ3v) is 4.34. The van der Waals surface area contributed by atoms with E-state index in [1.54, 1.807) is 0 Å². The lowest BCUT2D eigenvalue weighted by molar-refractivity contribution is -0.139. The summed E-state index contributed by atoms with van der Waals surface area (Å²) in [6, 6.07) is 4.43. The second kappa shape index (κ2) is 7.94. The summed E-state index contributed by atoms with van der Waals surface area (Å²) in [4.78, 5) is 30.5. The van der Waals surface area contributed by atoms with Gasteiger partial charge < -0.3 is 21.1 Å². The van der Waals surface area contributed by atoms with Gasteiger partial charge in [0.1, 0.15) is 6.04 Å². The Labute approximate surface area is 132 Å². The Morgan fingerprint density at radius 3 is 2.26 bits per heavy atom. The molecule has 8 nitrogen and oxygen atoms in total. The number of hydrogen-bond donors (Lipinski definition) is 5. The molecule has 0 bridgehead atoms. The Balaban J connectivity index is 2.98. The summed E-state index contributed by atoms with van der Waals surface area (Å²) in [5.41, 5.74) is 5.98. The second-order valence-corrected chi connectivity index (χ2v) is 6.15. The van der Waals surface area contributed by atoms with Crippen LogP contribution in [-0.2, 0) is 19.5 Å². The van der Waals surface area contributed by atoms with Crippen LogP contribution in [0.3, 0.4) is 0 Å². The third kappa shape index (κ3) is 5.22. The number of carbonyl (C=O) groups is 2. The summed E-state index contributed by atoms with van der Waals surface area (Å²) < 4.78 is 11.5. The van der Waals surface area contributed by atoms with E-state index in [0.29, 0.717) is 5.56 Å². The molecule has 0 fully saturated rings. The summed E-state index contributed by atoms with van der Waals surface area (Å²) in [5.74, 6) is -2.39. The number of rotatable bonds is 8. The molecule has 1 rings (SSSR count). The third-order valence-electron chi connectivity index (χ3n) is 3.23. The minimum absolute atomic E-state index is 0.117. The van der Waals surface area contributed by atoms with Crippen LogP contribution in [0.1, 0.15) is 24.0 Å². The van der Waals surface area contributed by atoms with Gasteiger partial charge in [-0.2, -0.15) is 4.89 Å². The van der Waals surface area contributed by atoms with E-state index in [-0.39, 0.29) is 18.4 Å². The summed E-state index contributed by atoms with van der Waals surface area (Å²) in [7, 11) is -3.06.